The minimum atomic E-state index is -0.353. The van der Waals surface area contributed by atoms with Crippen LogP contribution < -0.4 is 0 Å². The number of hydrogen-bond donors (Lipinski definition) is 2. The summed E-state index contributed by atoms with van der Waals surface area (Å²) in [5, 5.41) is 22.0. The van der Waals surface area contributed by atoms with Crippen molar-refractivity contribution in [3.63, 3.8) is 0 Å². The van der Waals surface area contributed by atoms with Gasteiger partial charge in [-0.05, 0) is 104 Å². The highest BCUT2D eigenvalue weighted by atomic mass is 16.7. The van der Waals surface area contributed by atoms with E-state index in [4.69, 9.17) is 9.47 Å². The van der Waals surface area contributed by atoms with Gasteiger partial charge in [0.25, 0.3) is 0 Å². The van der Waals surface area contributed by atoms with E-state index in [-0.39, 0.29) is 18.0 Å². The molecule has 2 N–H and O–H groups in total. The zero-order chi connectivity index (χ0) is 23.6. The van der Waals surface area contributed by atoms with Crippen LogP contribution in [0.3, 0.4) is 0 Å². The number of rotatable bonds is 5. The molecule has 5 fully saturated rings. The molecule has 0 aromatic heterocycles. The second kappa shape index (κ2) is 8.75. The van der Waals surface area contributed by atoms with E-state index < -0.39 is 0 Å². The number of ether oxygens (including phenoxy) is 2. The van der Waals surface area contributed by atoms with Crippen molar-refractivity contribution in [1.29, 1.82) is 0 Å². The first-order chi connectivity index (χ1) is 15.6. The third-order valence-corrected chi connectivity index (χ3v) is 11.9. The van der Waals surface area contributed by atoms with Crippen molar-refractivity contribution < 1.29 is 19.7 Å². The van der Waals surface area contributed by atoms with Gasteiger partial charge in [-0.25, -0.2) is 0 Å². The molecule has 10 atom stereocenters. The number of fused-ring (bicyclic) bond motifs is 5. The summed E-state index contributed by atoms with van der Waals surface area (Å²) in [6, 6.07) is 0. The molecular weight excluding hydrogens is 412 g/mol. The average Bonchev–Trinajstić information content (AvgIpc) is 3.37. The Morgan fingerprint density at radius 2 is 1.58 bits per heavy atom. The highest BCUT2D eigenvalue weighted by Gasteiger charge is 2.64. The van der Waals surface area contributed by atoms with Gasteiger partial charge < -0.3 is 19.7 Å². The molecule has 33 heavy (non-hydrogen) atoms. The summed E-state index contributed by atoms with van der Waals surface area (Å²) in [7, 11) is 0. The zero-order valence-electron chi connectivity index (χ0n) is 21.9. The molecule has 0 bridgehead atoms. The fourth-order valence-electron chi connectivity index (χ4n) is 9.87. The van der Waals surface area contributed by atoms with Crippen molar-refractivity contribution in [2.24, 2.45) is 52.3 Å². The Hall–Kier alpha value is -0.160. The van der Waals surface area contributed by atoms with Crippen LogP contribution in [-0.4, -0.2) is 41.4 Å². The third-order valence-electron chi connectivity index (χ3n) is 11.9. The minimum Gasteiger partial charge on any atom is -0.393 e. The Morgan fingerprint density at radius 3 is 2.27 bits per heavy atom. The van der Waals surface area contributed by atoms with Gasteiger partial charge in [0.15, 0.2) is 5.79 Å². The van der Waals surface area contributed by atoms with E-state index in [9.17, 15) is 10.2 Å². The molecule has 190 valence electrons. The summed E-state index contributed by atoms with van der Waals surface area (Å²) < 4.78 is 12.2. The quantitative estimate of drug-likeness (QED) is 0.543. The van der Waals surface area contributed by atoms with Crippen molar-refractivity contribution in [3.8, 4) is 0 Å². The molecule has 4 unspecified atom stereocenters. The van der Waals surface area contributed by atoms with Crippen molar-refractivity contribution in [3.05, 3.63) is 0 Å². The SMILES string of the molecule is CC(C)[C@H](O)CC[C@@H](C)C1CCC2C3C(CC[C@@]21C)[C@@]1(C)CCC2(C[C@@H]1C[C@H]3O)OCCO2. The molecule has 1 spiro atoms. The van der Waals surface area contributed by atoms with Crippen LogP contribution in [0, 0.1) is 52.3 Å². The largest absolute Gasteiger partial charge is 0.393 e. The van der Waals surface area contributed by atoms with Crippen LogP contribution in [-0.2, 0) is 9.47 Å². The maximum Gasteiger partial charge on any atom is 0.168 e. The predicted octanol–water partition coefficient (Wildman–Crippen LogP) is 5.79. The van der Waals surface area contributed by atoms with Crippen LogP contribution in [0.5, 0.6) is 0 Å². The molecule has 5 aliphatic rings. The molecule has 1 heterocycles. The van der Waals surface area contributed by atoms with Gasteiger partial charge in [0.05, 0.1) is 25.4 Å². The zero-order valence-corrected chi connectivity index (χ0v) is 21.9. The monoisotopic (exact) mass is 462 g/mol. The van der Waals surface area contributed by atoms with Crippen LogP contribution in [0.1, 0.15) is 98.8 Å². The summed E-state index contributed by atoms with van der Waals surface area (Å²) in [6.45, 7) is 13.3. The maximum absolute atomic E-state index is 11.6. The molecule has 0 aromatic rings. The van der Waals surface area contributed by atoms with Gasteiger partial charge in [-0.3, -0.25) is 0 Å². The maximum atomic E-state index is 11.6. The van der Waals surface area contributed by atoms with Gasteiger partial charge in [0, 0.05) is 12.8 Å². The van der Waals surface area contributed by atoms with Crippen molar-refractivity contribution in [1.82, 2.24) is 0 Å². The topological polar surface area (TPSA) is 58.9 Å². The second-order valence-corrected chi connectivity index (χ2v) is 13.7. The van der Waals surface area contributed by atoms with Crippen molar-refractivity contribution >= 4 is 0 Å². The molecule has 4 aliphatic carbocycles. The highest BCUT2D eigenvalue weighted by Crippen LogP contribution is 2.69. The van der Waals surface area contributed by atoms with E-state index in [1.807, 2.05) is 0 Å². The van der Waals surface area contributed by atoms with Crippen LogP contribution in [0.15, 0.2) is 0 Å². The first kappa shape index (κ1) is 24.5. The summed E-state index contributed by atoms with van der Waals surface area (Å²) in [5.41, 5.74) is 0.665. The number of hydrogen-bond acceptors (Lipinski definition) is 4. The summed E-state index contributed by atoms with van der Waals surface area (Å²) in [5.74, 6) is 3.65. The van der Waals surface area contributed by atoms with E-state index >= 15 is 0 Å². The molecule has 1 saturated heterocycles. The van der Waals surface area contributed by atoms with Crippen LogP contribution >= 0.6 is 0 Å². The molecule has 4 saturated carbocycles. The molecular formula is C29H50O4. The van der Waals surface area contributed by atoms with Gasteiger partial charge in [-0.15, -0.1) is 0 Å². The third kappa shape index (κ3) is 3.94. The fourth-order valence-corrected chi connectivity index (χ4v) is 9.87. The van der Waals surface area contributed by atoms with Gasteiger partial charge >= 0.3 is 0 Å². The first-order valence-corrected chi connectivity index (χ1v) is 14.2. The molecule has 0 aromatic carbocycles. The molecule has 0 amide bonds. The minimum absolute atomic E-state index is 0.173. The van der Waals surface area contributed by atoms with Gasteiger partial charge in [-0.2, -0.15) is 0 Å². The number of aliphatic hydroxyl groups excluding tert-OH is 2. The lowest BCUT2D eigenvalue weighted by atomic mass is 9.43. The van der Waals surface area contributed by atoms with Crippen LogP contribution in [0.25, 0.3) is 0 Å². The summed E-state index contributed by atoms with van der Waals surface area (Å²) in [4.78, 5) is 0. The first-order valence-electron chi connectivity index (χ1n) is 14.2. The predicted molar refractivity (Wildman–Crippen MR) is 130 cm³/mol. The number of aliphatic hydroxyl groups is 2. The van der Waals surface area contributed by atoms with E-state index in [0.29, 0.717) is 46.3 Å². The fraction of sp³-hybridized carbons (Fsp3) is 1.00. The second-order valence-electron chi connectivity index (χ2n) is 13.7. The van der Waals surface area contributed by atoms with E-state index in [1.165, 1.54) is 32.1 Å². The standard InChI is InChI=1S/C29H50O4/c1-18(2)24(30)9-6-19(3)21-7-8-22-26-23(10-11-28(21,22)5)27(4)12-13-29(32-14-15-33-29)17-20(27)16-25(26)31/h18-26,30-31H,6-17H2,1-5H3/t19-,20+,21?,22?,23?,24-,25-,26?,27+,28-/m1/s1. The molecule has 5 rings (SSSR count). The molecule has 4 nitrogen and oxygen atoms in total. The van der Waals surface area contributed by atoms with E-state index in [2.05, 4.69) is 34.6 Å². The Bertz CT molecular complexity index is 702. The Kier molecular flexibility index (Phi) is 6.50. The smallest absolute Gasteiger partial charge is 0.168 e. The molecule has 0 radical (unpaired) electrons. The van der Waals surface area contributed by atoms with Crippen LogP contribution in [0.2, 0.25) is 0 Å². The lowest BCUT2D eigenvalue weighted by Gasteiger charge is -2.63. The Labute approximate surface area is 202 Å². The average molecular weight is 463 g/mol. The molecule has 4 heteroatoms. The van der Waals surface area contributed by atoms with Gasteiger partial charge in [0.1, 0.15) is 0 Å². The summed E-state index contributed by atoms with van der Waals surface area (Å²) >= 11 is 0. The van der Waals surface area contributed by atoms with Crippen molar-refractivity contribution in [2.75, 3.05) is 13.2 Å². The normalized spacial score (nSPS) is 48.4. The van der Waals surface area contributed by atoms with Crippen LogP contribution in [0.4, 0.5) is 0 Å². The molecule has 1 aliphatic heterocycles. The Morgan fingerprint density at radius 1 is 0.879 bits per heavy atom. The van der Waals surface area contributed by atoms with Crippen molar-refractivity contribution in [2.45, 2.75) is 117 Å². The summed E-state index contributed by atoms with van der Waals surface area (Å²) in [6.07, 6.45) is 11.0. The van der Waals surface area contributed by atoms with Gasteiger partial charge in [-0.1, -0.05) is 34.6 Å². The lowest BCUT2D eigenvalue weighted by Crippen LogP contribution is -2.60. The highest BCUT2D eigenvalue weighted by molar-refractivity contribution is 5.12. The van der Waals surface area contributed by atoms with Gasteiger partial charge in [0.2, 0.25) is 0 Å². The van der Waals surface area contributed by atoms with E-state index in [0.717, 1.165) is 51.2 Å². The lowest BCUT2D eigenvalue weighted by molar-refractivity contribution is -0.243. The Balaban J connectivity index is 1.31. The van der Waals surface area contributed by atoms with E-state index in [1.54, 1.807) is 0 Å².